The molecule has 0 fully saturated rings. The Bertz CT molecular complexity index is 37.8. The third kappa shape index (κ3) is 8.87. The molecule has 0 amide bonds. The van der Waals surface area contributed by atoms with Gasteiger partial charge in [0.15, 0.2) is 0 Å². The Morgan fingerprint density at radius 1 is 0.889 bits per heavy atom. The minimum atomic E-state index is 1.22. The van der Waals surface area contributed by atoms with Crippen molar-refractivity contribution in [1.82, 2.24) is 0 Å². The van der Waals surface area contributed by atoms with E-state index in [9.17, 15) is 0 Å². The Labute approximate surface area is 74.0 Å². The fourth-order valence-corrected chi connectivity index (χ4v) is 1.97. The zero-order chi connectivity index (χ0) is 6.95. The topological polar surface area (TPSA) is 0 Å². The molecular weight excluding hydrogens is 211 g/mol. The number of hydrogen-bond donors (Lipinski definition) is 0. The number of rotatable bonds is 6. The van der Waals surface area contributed by atoms with Crippen molar-refractivity contribution in [2.45, 2.75) is 49.6 Å². The molecule has 0 aliphatic carbocycles. The van der Waals surface area contributed by atoms with Gasteiger partial charge in [0.2, 0.25) is 0 Å². The molecule has 0 spiro atoms. The maximum absolute atomic E-state index is 2.27. The molecule has 0 saturated carbocycles. The van der Waals surface area contributed by atoms with Gasteiger partial charge in [-0.2, -0.15) is 0 Å². The van der Waals surface area contributed by atoms with Gasteiger partial charge in [-0.25, -0.2) is 0 Å². The average Bonchev–Trinajstić information content (AvgIpc) is 1.89. The Balaban J connectivity index is 2.60. The molecule has 0 N–H and O–H groups in total. The summed E-state index contributed by atoms with van der Waals surface area (Å²) in [6.07, 6.45) is 8.79. The quantitative estimate of drug-likeness (QED) is 0.614. The van der Waals surface area contributed by atoms with Gasteiger partial charge in [0.25, 0.3) is 0 Å². The molecule has 0 aromatic heterocycles. The molecule has 0 nitrogen and oxygen atoms in total. The first-order valence-corrected chi connectivity index (χ1v) is 7.06. The standard InChI is InChI=1S/C8H17.In.H/c1-3-5-7-8-6-4-2;;/h1,3-8H2,2H3;;. The predicted molar refractivity (Wildman–Crippen MR) is 45.3 cm³/mol. The van der Waals surface area contributed by atoms with Gasteiger partial charge >= 0.3 is 74.0 Å². The molecule has 0 aromatic rings. The fraction of sp³-hybridized carbons (Fsp3) is 1.00. The summed E-state index contributed by atoms with van der Waals surface area (Å²) in [6, 6.07) is 0. The zero-order valence-electron chi connectivity index (χ0n) is 6.66. The molecule has 0 saturated heterocycles. The van der Waals surface area contributed by atoms with Gasteiger partial charge in [0.1, 0.15) is 0 Å². The first kappa shape index (κ1) is 9.87. The fourth-order valence-electron chi connectivity index (χ4n) is 0.957. The van der Waals surface area contributed by atoms with Gasteiger partial charge in [-0.05, 0) is 0 Å². The second-order valence-electron chi connectivity index (χ2n) is 2.62. The van der Waals surface area contributed by atoms with Gasteiger partial charge in [-0.1, -0.05) is 0 Å². The molecule has 0 atom stereocenters. The summed E-state index contributed by atoms with van der Waals surface area (Å²) < 4.78 is 1.54. The van der Waals surface area contributed by atoms with Crippen LogP contribution in [0.15, 0.2) is 0 Å². The van der Waals surface area contributed by atoms with E-state index in [0.717, 1.165) is 0 Å². The van der Waals surface area contributed by atoms with Crippen LogP contribution in [-0.2, 0) is 0 Å². The van der Waals surface area contributed by atoms with Crippen molar-refractivity contribution < 1.29 is 0 Å². The third-order valence-electron chi connectivity index (χ3n) is 1.60. The third-order valence-corrected chi connectivity index (χ3v) is 3.03. The molecule has 0 bridgehead atoms. The van der Waals surface area contributed by atoms with E-state index in [1.807, 2.05) is 0 Å². The molecule has 0 unspecified atom stereocenters. The van der Waals surface area contributed by atoms with Crippen molar-refractivity contribution in [3.05, 3.63) is 0 Å². The molecule has 1 heteroatoms. The van der Waals surface area contributed by atoms with Crippen LogP contribution in [0.2, 0.25) is 4.18 Å². The maximum atomic E-state index is 2.27. The molecule has 1 radical (unpaired) electrons. The van der Waals surface area contributed by atoms with E-state index in [4.69, 9.17) is 0 Å². The normalized spacial score (nSPS) is 9.89. The average molecular weight is 229 g/mol. The van der Waals surface area contributed by atoms with Crippen LogP contribution in [0.4, 0.5) is 0 Å². The molecule has 0 aliphatic heterocycles. The zero-order valence-corrected chi connectivity index (χ0v) is 10.7. The Morgan fingerprint density at radius 2 is 1.44 bits per heavy atom. The predicted octanol–water partition coefficient (Wildman–Crippen LogP) is 2.67. The van der Waals surface area contributed by atoms with Gasteiger partial charge in [0, 0.05) is 0 Å². The molecule has 0 rings (SSSR count). The SMILES string of the molecule is CCCCCCC[CH2][InH]. The van der Waals surface area contributed by atoms with E-state index in [1.54, 1.807) is 0 Å². The summed E-state index contributed by atoms with van der Waals surface area (Å²) in [5, 5.41) is 0. The molecule has 9 heavy (non-hydrogen) atoms. The minimum absolute atomic E-state index is 1.22. The van der Waals surface area contributed by atoms with Crippen molar-refractivity contribution in [2.24, 2.45) is 0 Å². The van der Waals surface area contributed by atoms with Crippen LogP contribution >= 0.6 is 0 Å². The molecule has 53 valence electrons. The Morgan fingerprint density at radius 3 is 2.00 bits per heavy atom. The summed E-state index contributed by atoms with van der Waals surface area (Å²) in [4.78, 5) is 0. The van der Waals surface area contributed by atoms with Gasteiger partial charge in [0.05, 0.1) is 0 Å². The van der Waals surface area contributed by atoms with E-state index in [-0.39, 0.29) is 0 Å². The molecule has 0 aromatic carbocycles. The van der Waals surface area contributed by atoms with Crippen LogP contribution in [0, 0.1) is 0 Å². The van der Waals surface area contributed by atoms with E-state index in [2.05, 4.69) is 6.92 Å². The second kappa shape index (κ2) is 8.87. The van der Waals surface area contributed by atoms with Crippen LogP contribution in [0.1, 0.15) is 45.4 Å². The Hall–Kier alpha value is 0.870. The first-order chi connectivity index (χ1) is 4.41. The van der Waals surface area contributed by atoms with Crippen LogP contribution in [0.5, 0.6) is 0 Å². The number of hydrogen-bond acceptors (Lipinski definition) is 0. The van der Waals surface area contributed by atoms with E-state index in [0.29, 0.717) is 0 Å². The van der Waals surface area contributed by atoms with Crippen molar-refractivity contribution in [3.63, 3.8) is 0 Å². The first-order valence-electron chi connectivity index (χ1n) is 4.21. The van der Waals surface area contributed by atoms with Crippen LogP contribution in [0.3, 0.4) is 0 Å². The van der Waals surface area contributed by atoms with Crippen molar-refractivity contribution in [3.8, 4) is 0 Å². The van der Waals surface area contributed by atoms with E-state index >= 15 is 0 Å². The summed E-state index contributed by atoms with van der Waals surface area (Å²) in [5.74, 6) is 0. The van der Waals surface area contributed by atoms with Gasteiger partial charge < -0.3 is 0 Å². The van der Waals surface area contributed by atoms with Gasteiger partial charge in [-0.15, -0.1) is 0 Å². The van der Waals surface area contributed by atoms with Gasteiger partial charge in [-0.3, -0.25) is 0 Å². The summed E-state index contributed by atoms with van der Waals surface area (Å²) in [7, 11) is 0. The summed E-state index contributed by atoms with van der Waals surface area (Å²) >= 11 is 1.22. The molecular formula is C8H18In. The monoisotopic (exact) mass is 229 g/mol. The number of unbranched alkanes of at least 4 members (excludes halogenated alkanes) is 5. The second-order valence-corrected chi connectivity index (χ2v) is 4.64. The van der Waals surface area contributed by atoms with Crippen molar-refractivity contribution in [1.29, 1.82) is 0 Å². The van der Waals surface area contributed by atoms with Crippen LogP contribution in [0.25, 0.3) is 0 Å². The molecule has 0 aliphatic rings. The Kier molecular flexibility index (Phi) is 9.73. The van der Waals surface area contributed by atoms with Crippen LogP contribution < -0.4 is 0 Å². The van der Waals surface area contributed by atoms with Crippen molar-refractivity contribution in [2.75, 3.05) is 0 Å². The summed E-state index contributed by atoms with van der Waals surface area (Å²) in [6.45, 7) is 2.27. The van der Waals surface area contributed by atoms with Crippen LogP contribution in [-0.4, -0.2) is 24.4 Å². The van der Waals surface area contributed by atoms with E-state index in [1.165, 1.54) is 67.1 Å². The van der Waals surface area contributed by atoms with Crippen molar-refractivity contribution >= 4 is 24.4 Å². The molecule has 0 heterocycles. The summed E-state index contributed by atoms with van der Waals surface area (Å²) in [5.41, 5.74) is 0. The van der Waals surface area contributed by atoms with E-state index < -0.39 is 0 Å².